The van der Waals surface area contributed by atoms with Gasteiger partial charge in [-0.05, 0) is 35.9 Å². The molecule has 5 heteroatoms. The Morgan fingerprint density at radius 3 is 2.70 bits per heavy atom. The van der Waals surface area contributed by atoms with Crippen molar-refractivity contribution in [2.75, 3.05) is 0 Å². The average molecular weight is 324 g/mol. The molecule has 1 aromatic heterocycles. The van der Waals surface area contributed by atoms with Crippen molar-refractivity contribution >= 4 is 34.9 Å². The number of thiophene rings is 1. The molecule has 0 bridgehead atoms. The molecule has 0 radical (unpaired) electrons. The number of allylic oxidation sites excluding steroid dienone is 1. The normalized spacial score (nSPS) is 18.6. The largest absolute Gasteiger partial charge is 0.457 e. The predicted octanol–water partition coefficient (Wildman–Crippen LogP) is 3.40. The minimum Gasteiger partial charge on any atom is -0.457 e. The Morgan fingerprint density at radius 2 is 1.91 bits per heavy atom. The first-order valence-electron chi connectivity index (χ1n) is 7.26. The summed E-state index contributed by atoms with van der Waals surface area (Å²) in [6.45, 7) is 0.320. The molecule has 2 aliphatic rings. The standard InChI is InChI=1S/C18H12O4S/c19-13-6-11(16(20)8-13)7-14-2-4-17(23-14)10-1-3-15-12(5-10)9-22-18(15)21/h1-5,7H,6,8-9H2/b11-7-. The number of ether oxygens (including phenoxy) is 1. The summed E-state index contributed by atoms with van der Waals surface area (Å²) in [5.74, 6) is -0.355. The SMILES string of the molecule is O=C1CC(=O)/C(=C\c2ccc(-c3ccc4c(c3)COC4=O)s2)C1. The Kier molecular flexibility index (Phi) is 3.23. The van der Waals surface area contributed by atoms with Gasteiger partial charge in [-0.1, -0.05) is 6.07 Å². The van der Waals surface area contributed by atoms with Gasteiger partial charge in [0.25, 0.3) is 0 Å². The van der Waals surface area contributed by atoms with E-state index in [1.165, 1.54) is 0 Å². The van der Waals surface area contributed by atoms with Crippen molar-refractivity contribution in [3.05, 3.63) is 51.9 Å². The lowest BCUT2D eigenvalue weighted by atomic mass is 10.1. The number of rotatable bonds is 2. The summed E-state index contributed by atoms with van der Waals surface area (Å²) in [6.07, 6.45) is 2.08. The highest BCUT2D eigenvalue weighted by Gasteiger charge is 2.25. The lowest BCUT2D eigenvalue weighted by molar-refractivity contribution is -0.121. The highest BCUT2D eigenvalue weighted by atomic mass is 32.1. The predicted molar refractivity (Wildman–Crippen MR) is 86.1 cm³/mol. The van der Waals surface area contributed by atoms with Gasteiger partial charge in [-0.15, -0.1) is 11.3 Å². The van der Waals surface area contributed by atoms with Crippen molar-refractivity contribution in [1.29, 1.82) is 0 Å². The minimum absolute atomic E-state index is 0.0127. The summed E-state index contributed by atoms with van der Waals surface area (Å²) in [5.41, 5.74) is 3.14. The molecule has 0 saturated heterocycles. The van der Waals surface area contributed by atoms with Crippen molar-refractivity contribution in [3.8, 4) is 10.4 Å². The van der Waals surface area contributed by atoms with Crippen molar-refractivity contribution < 1.29 is 19.1 Å². The van der Waals surface area contributed by atoms with Crippen LogP contribution in [0.5, 0.6) is 0 Å². The zero-order chi connectivity index (χ0) is 16.0. The van der Waals surface area contributed by atoms with Crippen LogP contribution in [0, 0.1) is 0 Å². The Hall–Kier alpha value is -2.53. The fraction of sp³-hybridized carbons (Fsp3) is 0.167. The first-order chi connectivity index (χ1) is 11.1. The molecule has 1 saturated carbocycles. The highest BCUT2D eigenvalue weighted by Crippen LogP contribution is 2.33. The van der Waals surface area contributed by atoms with Gasteiger partial charge in [0.15, 0.2) is 5.78 Å². The second-order valence-electron chi connectivity index (χ2n) is 5.64. The van der Waals surface area contributed by atoms with E-state index in [0.717, 1.165) is 20.9 Å². The third-order valence-corrected chi connectivity index (χ3v) is 5.10. The first kappa shape index (κ1) is 14.1. The molecule has 1 aliphatic heterocycles. The fourth-order valence-electron chi connectivity index (χ4n) is 2.84. The van der Waals surface area contributed by atoms with E-state index in [1.54, 1.807) is 23.5 Å². The van der Waals surface area contributed by atoms with Crippen molar-refractivity contribution in [1.82, 2.24) is 0 Å². The number of cyclic esters (lactones) is 1. The Morgan fingerprint density at radius 1 is 1.04 bits per heavy atom. The summed E-state index contributed by atoms with van der Waals surface area (Å²) in [7, 11) is 0. The molecular weight excluding hydrogens is 312 g/mol. The van der Waals surface area contributed by atoms with E-state index in [2.05, 4.69) is 0 Å². The first-order valence-corrected chi connectivity index (χ1v) is 8.07. The fourth-order valence-corrected chi connectivity index (χ4v) is 3.81. The Labute approximate surface area is 136 Å². The van der Waals surface area contributed by atoms with E-state index in [1.807, 2.05) is 24.3 Å². The molecule has 1 aliphatic carbocycles. The molecule has 1 fully saturated rings. The molecule has 0 atom stereocenters. The van der Waals surface area contributed by atoms with Gasteiger partial charge in [0.1, 0.15) is 12.4 Å². The van der Waals surface area contributed by atoms with Crippen LogP contribution in [0.25, 0.3) is 16.5 Å². The highest BCUT2D eigenvalue weighted by molar-refractivity contribution is 7.16. The van der Waals surface area contributed by atoms with Crippen LogP contribution in [0.1, 0.15) is 33.6 Å². The van der Waals surface area contributed by atoms with Crippen LogP contribution in [0.15, 0.2) is 35.9 Å². The number of ketones is 2. The summed E-state index contributed by atoms with van der Waals surface area (Å²) in [6, 6.07) is 9.58. The third kappa shape index (κ3) is 2.53. The lowest BCUT2D eigenvalue weighted by Gasteiger charge is -1.99. The van der Waals surface area contributed by atoms with Gasteiger partial charge in [0.2, 0.25) is 0 Å². The lowest BCUT2D eigenvalue weighted by Crippen LogP contribution is -1.92. The number of hydrogen-bond donors (Lipinski definition) is 0. The maximum Gasteiger partial charge on any atom is 0.338 e. The number of hydrogen-bond acceptors (Lipinski definition) is 5. The van der Waals surface area contributed by atoms with E-state index in [-0.39, 0.29) is 30.4 Å². The summed E-state index contributed by atoms with van der Waals surface area (Å²) >= 11 is 1.56. The van der Waals surface area contributed by atoms with Crippen molar-refractivity contribution in [3.63, 3.8) is 0 Å². The second kappa shape index (κ2) is 5.28. The maximum atomic E-state index is 11.7. The summed E-state index contributed by atoms with van der Waals surface area (Å²) in [5, 5.41) is 0. The molecule has 2 aromatic rings. The number of carbonyl (C=O) groups excluding carboxylic acids is 3. The van der Waals surface area contributed by atoms with Gasteiger partial charge in [-0.25, -0.2) is 4.79 Å². The molecule has 0 unspecified atom stereocenters. The quantitative estimate of drug-likeness (QED) is 0.482. The number of Topliss-reactive ketones (excluding diaryl/α,β-unsaturated/α-hetero) is 2. The minimum atomic E-state index is -0.271. The van der Waals surface area contributed by atoms with Crippen molar-refractivity contribution in [2.24, 2.45) is 0 Å². The summed E-state index contributed by atoms with van der Waals surface area (Å²) in [4.78, 5) is 36.5. The van der Waals surface area contributed by atoms with E-state index in [0.29, 0.717) is 17.7 Å². The molecule has 0 spiro atoms. The van der Waals surface area contributed by atoms with Crippen molar-refractivity contribution in [2.45, 2.75) is 19.4 Å². The number of esters is 1. The summed E-state index contributed by atoms with van der Waals surface area (Å²) < 4.78 is 5.02. The molecule has 0 amide bonds. The Bertz CT molecular complexity index is 888. The Balaban J connectivity index is 1.64. The molecule has 2 heterocycles. The van der Waals surface area contributed by atoms with Crippen LogP contribution in [0.4, 0.5) is 0 Å². The monoisotopic (exact) mass is 324 g/mol. The van der Waals surface area contributed by atoms with Gasteiger partial charge >= 0.3 is 5.97 Å². The molecule has 23 heavy (non-hydrogen) atoms. The van der Waals surface area contributed by atoms with Crippen LogP contribution in [0.2, 0.25) is 0 Å². The number of fused-ring (bicyclic) bond motifs is 1. The van der Waals surface area contributed by atoms with E-state index < -0.39 is 0 Å². The van der Waals surface area contributed by atoms with Crippen LogP contribution < -0.4 is 0 Å². The molecular formula is C18H12O4S. The van der Waals surface area contributed by atoms with Crippen LogP contribution in [-0.2, 0) is 20.9 Å². The van der Waals surface area contributed by atoms with Gasteiger partial charge in [0, 0.05) is 27.3 Å². The van der Waals surface area contributed by atoms with Gasteiger partial charge in [-0.2, -0.15) is 0 Å². The van der Waals surface area contributed by atoms with Gasteiger partial charge < -0.3 is 4.74 Å². The van der Waals surface area contributed by atoms with Gasteiger partial charge in [0.05, 0.1) is 12.0 Å². The topological polar surface area (TPSA) is 60.4 Å². The molecule has 4 rings (SSSR count). The zero-order valence-corrected chi connectivity index (χ0v) is 12.9. The second-order valence-corrected chi connectivity index (χ2v) is 6.75. The van der Waals surface area contributed by atoms with E-state index in [4.69, 9.17) is 4.74 Å². The average Bonchev–Trinajstić information content (AvgIpc) is 3.21. The maximum absolute atomic E-state index is 11.7. The zero-order valence-electron chi connectivity index (χ0n) is 12.1. The third-order valence-electron chi connectivity index (χ3n) is 4.02. The van der Waals surface area contributed by atoms with Crippen LogP contribution >= 0.6 is 11.3 Å². The molecule has 1 aromatic carbocycles. The molecule has 114 valence electrons. The molecule has 4 nitrogen and oxygen atoms in total. The number of carbonyl (C=O) groups is 3. The van der Waals surface area contributed by atoms with Crippen LogP contribution in [-0.4, -0.2) is 17.5 Å². The molecule has 0 N–H and O–H groups in total. The van der Waals surface area contributed by atoms with E-state index >= 15 is 0 Å². The van der Waals surface area contributed by atoms with Crippen LogP contribution in [0.3, 0.4) is 0 Å². The van der Waals surface area contributed by atoms with E-state index in [9.17, 15) is 14.4 Å². The smallest absolute Gasteiger partial charge is 0.338 e. The number of benzene rings is 1. The van der Waals surface area contributed by atoms with Gasteiger partial charge in [-0.3, -0.25) is 9.59 Å².